The minimum absolute atomic E-state index is 0.0610. The molecule has 2 aromatic rings. The van der Waals surface area contributed by atoms with Gasteiger partial charge in [0.15, 0.2) is 0 Å². The molecule has 9 heteroatoms. The van der Waals surface area contributed by atoms with E-state index in [1.54, 1.807) is 30.3 Å². The van der Waals surface area contributed by atoms with E-state index in [2.05, 4.69) is 10.0 Å². The van der Waals surface area contributed by atoms with Crippen molar-refractivity contribution in [3.63, 3.8) is 0 Å². The molecule has 2 aromatic carbocycles. The highest BCUT2D eigenvalue weighted by Crippen LogP contribution is 2.22. The van der Waals surface area contributed by atoms with Gasteiger partial charge in [-0.1, -0.05) is 42.5 Å². The normalized spacial score (nSPS) is 21.5. The standard InChI is InChI=1S/C22H27FN2O5S/c23-19-9-5-4-8-18(19)22(27)25-20-11-10-17(30-21(20)14-26)12-13-24-31(28,29)15-16-6-2-1-3-7-16/h1-9,17,20-21,24,26H,10-15H2,(H,25,27)/t17-,20+,21-/m0/s1. The van der Waals surface area contributed by atoms with E-state index in [9.17, 15) is 22.7 Å². The second-order valence-electron chi connectivity index (χ2n) is 7.54. The molecule has 0 aromatic heterocycles. The minimum atomic E-state index is -3.46. The van der Waals surface area contributed by atoms with Crippen molar-refractivity contribution < 1.29 is 27.4 Å². The van der Waals surface area contributed by atoms with E-state index in [0.717, 1.165) is 0 Å². The maximum absolute atomic E-state index is 13.8. The van der Waals surface area contributed by atoms with E-state index in [1.807, 2.05) is 6.07 Å². The van der Waals surface area contributed by atoms with Gasteiger partial charge in [-0.05, 0) is 37.0 Å². The van der Waals surface area contributed by atoms with Crippen LogP contribution in [-0.4, -0.2) is 50.8 Å². The molecule has 0 spiro atoms. The summed E-state index contributed by atoms with van der Waals surface area (Å²) in [6, 6.07) is 14.1. The quantitative estimate of drug-likeness (QED) is 0.542. The molecular formula is C22H27FN2O5S. The summed E-state index contributed by atoms with van der Waals surface area (Å²) in [5.74, 6) is -1.27. The van der Waals surface area contributed by atoms with Crippen molar-refractivity contribution in [2.75, 3.05) is 13.2 Å². The average Bonchev–Trinajstić information content (AvgIpc) is 2.75. The summed E-state index contributed by atoms with van der Waals surface area (Å²) in [7, 11) is -3.46. The predicted molar refractivity (Wildman–Crippen MR) is 114 cm³/mol. The third kappa shape index (κ3) is 6.83. The van der Waals surface area contributed by atoms with Gasteiger partial charge in [0.2, 0.25) is 10.0 Å². The van der Waals surface area contributed by atoms with Gasteiger partial charge in [0.25, 0.3) is 5.91 Å². The lowest BCUT2D eigenvalue weighted by atomic mass is 9.96. The van der Waals surface area contributed by atoms with Crippen molar-refractivity contribution in [1.82, 2.24) is 10.0 Å². The molecule has 3 rings (SSSR count). The van der Waals surface area contributed by atoms with Crippen LogP contribution in [0.15, 0.2) is 54.6 Å². The largest absolute Gasteiger partial charge is 0.394 e. The fraction of sp³-hybridized carbons (Fsp3) is 0.409. The number of rotatable bonds is 9. The summed E-state index contributed by atoms with van der Waals surface area (Å²) in [5.41, 5.74) is 0.645. The molecule has 0 aliphatic carbocycles. The number of hydrogen-bond acceptors (Lipinski definition) is 5. The number of hydrogen-bond donors (Lipinski definition) is 3. The monoisotopic (exact) mass is 450 g/mol. The number of sulfonamides is 1. The molecule has 1 fully saturated rings. The number of carbonyl (C=O) groups excluding carboxylic acids is 1. The van der Waals surface area contributed by atoms with Crippen LogP contribution in [0.25, 0.3) is 0 Å². The highest BCUT2D eigenvalue weighted by molar-refractivity contribution is 7.88. The first-order valence-electron chi connectivity index (χ1n) is 10.2. The van der Waals surface area contributed by atoms with E-state index >= 15 is 0 Å². The zero-order chi connectivity index (χ0) is 22.3. The van der Waals surface area contributed by atoms with Gasteiger partial charge in [-0.25, -0.2) is 17.5 Å². The lowest BCUT2D eigenvalue weighted by molar-refractivity contribution is -0.0891. The molecular weight excluding hydrogens is 423 g/mol. The molecule has 0 radical (unpaired) electrons. The predicted octanol–water partition coefficient (Wildman–Crippen LogP) is 1.97. The van der Waals surface area contributed by atoms with E-state index in [1.165, 1.54) is 18.2 Å². The number of nitrogens with one attached hydrogen (secondary N) is 2. The molecule has 7 nitrogen and oxygen atoms in total. The fourth-order valence-electron chi connectivity index (χ4n) is 3.62. The van der Waals surface area contributed by atoms with Crippen LogP contribution in [-0.2, 0) is 20.5 Å². The Morgan fingerprint density at radius 2 is 1.81 bits per heavy atom. The van der Waals surface area contributed by atoms with Crippen LogP contribution in [0.4, 0.5) is 4.39 Å². The Kier molecular flexibility index (Phi) is 8.14. The third-order valence-electron chi connectivity index (χ3n) is 5.22. The summed E-state index contributed by atoms with van der Waals surface area (Å²) < 4.78 is 46.7. The molecule has 1 aliphatic rings. The van der Waals surface area contributed by atoms with Gasteiger partial charge < -0.3 is 15.2 Å². The second-order valence-corrected chi connectivity index (χ2v) is 9.35. The Morgan fingerprint density at radius 1 is 1.10 bits per heavy atom. The van der Waals surface area contributed by atoms with E-state index < -0.39 is 33.9 Å². The molecule has 1 aliphatic heterocycles. The van der Waals surface area contributed by atoms with Crippen LogP contribution in [0.2, 0.25) is 0 Å². The highest BCUT2D eigenvalue weighted by atomic mass is 32.2. The van der Waals surface area contributed by atoms with Crippen molar-refractivity contribution in [1.29, 1.82) is 0 Å². The summed E-state index contributed by atoms with van der Waals surface area (Å²) in [6.45, 7) is -0.0946. The number of ether oxygens (including phenoxy) is 1. The SMILES string of the molecule is O=C(N[C@@H]1CC[C@@H](CCNS(=O)(=O)Cc2ccccc2)O[C@H]1CO)c1ccccc1F. The van der Waals surface area contributed by atoms with E-state index in [4.69, 9.17) is 4.74 Å². The summed E-state index contributed by atoms with van der Waals surface area (Å²) in [5, 5.41) is 12.4. The van der Waals surface area contributed by atoms with Gasteiger partial charge in [-0.2, -0.15) is 0 Å². The topological polar surface area (TPSA) is 105 Å². The molecule has 3 N–H and O–H groups in total. The van der Waals surface area contributed by atoms with E-state index in [-0.39, 0.29) is 30.6 Å². The minimum Gasteiger partial charge on any atom is -0.394 e. The average molecular weight is 451 g/mol. The molecule has 3 atom stereocenters. The Bertz CT molecular complexity index is 971. The number of halogens is 1. The van der Waals surface area contributed by atoms with Gasteiger partial charge in [0, 0.05) is 6.54 Å². The Hall–Kier alpha value is -2.33. The van der Waals surface area contributed by atoms with Crippen LogP contribution < -0.4 is 10.0 Å². The van der Waals surface area contributed by atoms with Crippen LogP contribution in [0.3, 0.4) is 0 Å². The maximum Gasteiger partial charge on any atom is 0.254 e. The molecule has 0 saturated carbocycles. The summed E-state index contributed by atoms with van der Waals surface area (Å²) >= 11 is 0. The van der Waals surface area contributed by atoms with Crippen LogP contribution >= 0.6 is 0 Å². The lowest BCUT2D eigenvalue weighted by Crippen LogP contribution is -2.51. The Morgan fingerprint density at radius 3 is 2.52 bits per heavy atom. The maximum atomic E-state index is 13.8. The Balaban J connectivity index is 1.47. The number of benzene rings is 2. The van der Waals surface area contributed by atoms with Gasteiger partial charge >= 0.3 is 0 Å². The molecule has 0 unspecified atom stereocenters. The van der Waals surface area contributed by atoms with Crippen molar-refractivity contribution in [2.24, 2.45) is 0 Å². The van der Waals surface area contributed by atoms with Crippen molar-refractivity contribution in [3.05, 3.63) is 71.5 Å². The first kappa shape index (κ1) is 23.3. The molecule has 0 bridgehead atoms. The summed E-state index contributed by atoms with van der Waals surface area (Å²) in [6.07, 6.45) is 0.665. The number of carbonyl (C=O) groups is 1. The summed E-state index contributed by atoms with van der Waals surface area (Å²) in [4.78, 5) is 12.3. The number of amides is 1. The molecule has 31 heavy (non-hydrogen) atoms. The number of aliphatic hydroxyl groups excluding tert-OH is 1. The fourth-order valence-corrected chi connectivity index (χ4v) is 4.78. The molecule has 1 saturated heterocycles. The first-order chi connectivity index (χ1) is 14.9. The van der Waals surface area contributed by atoms with Crippen molar-refractivity contribution >= 4 is 15.9 Å². The van der Waals surface area contributed by atoms with Gasteiger partial charge in [0.05, 0.1) is 30.1 Å². The van der Waals surface area contributed by atoms with Crippen LogP contribution in [0.5, 0.6) is 0 Å². The highest BCUT2D eigenvalue weighted by Gasteiger charge is 2.32. The first-order valence-corrected chi connectivity index (χ1v) is 11.9. The van der Waals surface area contributed by atoms with E-state index in [0.29, 0.717) is 24.8 Å². The molecule has 168 valence electrons. The Labute approximate surface area is 181 Å². The zero-order valence-corrected chi connectivity index (χ0v) is 17.9. The molecule has 1 heterocycles. The van der Waals surface area contributed by atoms with Crippen LogP contribution in [0, 0.1) is 5.82 Å². The van der Waals surface area contributed by atoms with Gasteiger partial charge in [-0.15, -0.1) is 0 Å². The third-order valence-corrected chi connectivity index (χ3v) is 6.58. The van der Waals surface area contributed by atoms with Gasteiger partial charge in [0.1, 0.15) is 11.9 Å². The zero-order valence-electron chi connectivity index (χ0n) is 17.0. The molecule has 1 amide bonds. The van der Waals surface area contributed by atoms with Crippen LogP contribution in [0.1, 0.15) is 35.2 Å². The lowest BCUT2D eigenvalue weighted by Gasteiger charge is -2.36. The second kappa shape index (κ2) is 10.8. The van der Waals surface area contributed by atoms with Crippen molar-refractivity contribution in [2.45, 2.75) is 43.3 Å². The number of aliphatic hydroxyl groups is 1. The van der Waals surface area contributed by atoms with Gasteiger partial charge in [-0.3, -0.25) is 4.79 Å². The smallest absolute Gasteiger partial charge is 0.254 e. The van der Waals surface area contributed by atoms with Crippen molar-refractivity contribution in [3.8, 4) is 0 Å².